The third-order valence-corrected chi connectivity index (χ3v) is 4.38. The first-order valence-electron chi connectivity index (χ1n) is 7.76. The number of carbonyl (C=O) groups is 1. The first-order chi connectivity index (χ1) is 11.5. The Labute approximate surface area is 146 Å². The molecule has 0 aliphatic carbocycles. The number of amides is 1. The van der Waals surface area contributed by atoms with Gasteiger partial charge in [0.2, 0.25) is 5.91 Å². The molecule has 2 rings (SSSR count). The summed E-state index contributed by atoms with van der Waals surface area (Å²) in [5.74, 6) is 1.50. The molecule has 7 heteroatoms. The maximum atomic E-state index is 12.4. The molecule has 0 saturated heterocycles. The van der Waals surface area contributed by atoms with Crippen molar-refractivity contribution in [1.82, 2.24) is 14.8 Å². The lowest BCUT2D eigenvalue weighted by atomic mass is 10.3. The minimum Gasteiger partial charge on any atom is -0.494 e. The summed E-state index contributed by atoms with van der Waals surface area (Å²) in [6.07, 6.45) is 1.78. The van der Waals surface area contributed by atoms with Crippen molar-refractivity contribution in [3.8, 4) is 5.75 Å². The fourth-order valence-corrected chi connectivity index (χ4v) is 2.95. The Morgan fingerprint density at radius 2 is 2.12 bits per heavy atom. The molecule has 0 fully saturated rings. The molecule has 2 aromatic rings. The molecule has 0 radical (unpaired) electrons. The van der Waals surface area contributed by atoms with Gasteiger partial charge in [0.1, 0.15) is 11.6 Å². The van der Waals surface area contributed by atoms with Gasteiger partial charge in [-0.05, 0) is 45.0 Å². The second kappa shape index (κ2) is 8.54. The van der Waals surface area contributed by atoms with Crippen molar-refractivity contribution >= 4 is 23.4 Å². The molecule has 6 nitrogen and oxygen atoms in total. The zero-order chi connectivity index (χ0) is 17.5. The summed E-state index contributed by atoms with van der Waals surface area (Å²) in [6.45, 7) is 10.6. The van der Waals surface area contributed by atoms with E-state index in [9.17, 15) is 4.79 Å². The summed E-state index contributed by atoms with van der Waals surface area (Å²) in [5.41, 5.74) is 0.736. The topological polar surface area (TPSA) is 69.0 Å². The molecule has 0 spiro atoms. The lowest BCUT2D eigenvalue weighted by Crippen LogP contribution is -2.23. The van der Waals surface area contributed by atoms with Crippen molar-refractivity contribution in [2.45, 2.75) is 37.7 Å². The fourth-order valence-electron chi connectivity index (χ4n) is 2.04. The van der Waals surface area contributed by atoms with Crippen LogP contribution in [0.5, 0.6) is 5.75 Å². The lowest BCUT2D eigenvalue weighted by molar-refractivity contribution is -0.115. The number of carbonyl (C=O) groups excluding carboxylic acids is 1. The van der Waals surface area contributed by atoms with Gasteiger partial charge in [0.25, 0.3) is 0 Å². The van der Waals surface area contributed by atoms with Crippen LogP contribution in [0.4, 0.5) is 5.69 Å². The van der Waals surface area contributed by atoms with E-state index >= 15 is 0 Å². The molecule has 0 aliphatic heterocycles. The number of hydrogen-bond acceptors (Lipinski definition) is 5. The summed E-state index contributed by atoms with van der Waals surface area (Å²) in [5, 5.41) is 11.5. The Morgan fingerprint density at radius 3 is 2.75 bits per heavy atom. The molecule has 1 aromatic carbocycles. The van der Waals surface area contributed by atoms with E-state index in [0.717, 1.165) is 17.3 Å². The van der Waals surface area contributed by atoms with Crippen molar-refractivity contribution in [2.24, 2.45) is 0 Å². The summed E-state index contributed by atoms with van der Waals surface area (Å²) < 4.78 is 7.32. The van der Waals surface area contributed by atoms with Crippen LogP contribution < -0.4 is 10.1 Å². The van der Waals surface area contributed by atoms with Crippen molar-refractivity contribution < 1.29 is 9.53 Å². The number of nitrogens with one attached hydrogen (secondary N) is 1. The van der Waals surface area contributed by atoms with E-state index < -0.39 is 0 Å². The van der Waals surface area contributed by atoms with E-state index in [1.165, 1.54) is 11.8 Å². The summed E-state index contributed by atoms with van der Waals surface area (Å²) in [4.78, 5) is 12.4. The predicted molar refractivity (Wildman–Crippen MR) is 96.5 cm³/mol. The average molecular weight is 346 g/mol. The maximum absolute atomic E-state index is 12.4. The van der Waals surface area contributed by atoms with Crippen molar-refractivity contribution in [3.05, 3.63) is 42.7 Å². The Morgan fingerprint density at radius 1 is 1.42 bits per heavy atom. The molecule has 1 atom stereocenters. The second-order valence-corrected chi connectivity index (χ2v) is 6.44. The molecule has 128 valence electrons. The van der Waals surface area contributed by atoms with Gasteiger partial charge in [-0.25, -0.2) is 0 Å². The molecule has 24 heavy (non-hydrogen) atoms. The number of ether oxygens (including phenoxy) is 1. The average Bonchev–Trinajstić information content (AvgIpc) is 2.90. The van der Waals surface area contributed by atoms with Crippen LogP contribution in [0, 0.1) is 6.92 Å². The van der Waals surface area contributed by atoms with Crippen LogP contribution in [-0.4, -0.2) is 32.5 Å². The van der Waals surface area contributed by atoms with E-state index in [4.69, 9.17) is 4.74 Å². The Hall–Kier alpha value is -2.28. The van der Waals surface area contributed by atoms with Gasteiger partial charge in [-0.1, -0.05) is 17.8 Å². The van der Waals surface area contributed by atoms with Gasteiger partial charge in [0.15, 0.2) is 5.16 Å². The van der Waals surface area contributed by atoms with Crippen LogP contribution in [0.3, 0.4) is 0 Å². The van der Waals surface area contributed by atoms with Crippen LogP contribution in [0.1, 0.15) is 19.7 Å². The fraction of sp³-hybridized carbons (Fsp3) is 0.353. The largest absolute Gasteiger partial charge is 0.494 e. The minimum absolute atomic E-state index is 0.0880. The Balaban J connectivity index is 1.98. The number of aromatic nitrogens is 3. The van der Waals surface area contributed by atoms with Crippen LogP contribution in [-0.2, 0) is 11.3 Å². The number of allylic oxidation sites excluding steroid dienone is 1. The third kappa shape index (κ3) is 4.61. The number of aryl methyl sites for hydroxylation is 1. The highest BCUT2D eigenvalue weighted by Crippen LogP contribution is 2.24. The molecule has 0 bridgehead atoms. The minimum atomic E-state index is -0.302. The van der Waals surface area contributed by atoms with Gasteiger partial charge in [-0.15, -0.1) is 16.8 Å². The lowest BCUT2D eigenvalue weighted by Gasteiger charge is -2.12. The van der Waals surface area contributed by atoms with E-state index in [0.29, 0.717) is 18.3 Å². The summed E-state index contributed by atoms with van der Waals surface area (Å²) in [7, 11) is 0. The molecule has 0 unspecified atom stereocenters. The quantitative estimate of drug-likeness (QED) is 0.587. The summed E-state index contributed by atoms with van der Waals surface area (Å²) in [6, 6.07) is 7.32. The molecule has 1 aromatic heterocycles. The van der Waals surface area contributed by atoms with Crippen molar-refractivity contribution in [3.63, 3.8) is 0 Å². The smallest absolute Gasteiger partial charge is 0.237 e. The van der Waals surface area contributed by atoms with Crippen molar-refractivity contribution in [1.29, 1.82) is 0 Å². The van der Waals surface area contributed by atoms with Crippen LogP contribution >= 0.6 is 11.8 Å². The van der Waals surface area contributed by atoms with Gasteiger partial charge in [-0.2, -0.15) is 0 Å². The number of benzene rings is 1. The van der Waals surface area contributed by atoms with Gasteiger partial charge >= 0.3 is 0 Å². The highest BCUT2D eigenvalue weighted by Gasteiger charge is 2.19. The molecule has 1 amide bonds. The van der Waals surface area contributed by atoms with Crippen LogP contribution in [0.15, 0.2) is 42.1 Å². The zero-order valence-electron chi connectivity index (χ0n) is 14.2. The summed E-state index contributed by atoms with van der Waals surface area (Å²) >= 11 is 1.37. The monoisotopic (exact) mass is 346 g/mol. The number of thioether (sulfide) groups is 1. The molecular weight excluding hydrogens is 324 g/mol. The van der Waals surface area contributed by atoms with E-state index in [-0.39, 0.29) is 11.2 Å². The highest BCUT2D eigenvalue weighted by molar-refractivity contribution is 8.00. The first kappa shape index (κ1) is 18.1. The van der Waals surface area contributed by atoms with Gasteiger partial charge in [0.05, 0.1) is 11.9 Å². The number of hydrogen-bond donors (Lipinski definition) is 1. The highest BCUT2D eigenvalue weighted by atomic mass is 32.2. The predicted octanol–water partition coefficient (Wildman–Crippen LogP) is 3.29. The maximum Gasteiger partial charge on any atom is 0.237 e. The number of rotatable bonds is 8. The first-order valence-corrected chi connectivity index (χ1v) is 8.64. The SMILES string of the molecule is C=CCn1c(C)nnc1S[C@@H](C)C(=O)Nc1ccc(OCC)cc1. The normalized spacial score (nSPS) is 11.8. The third-order valence-electron chi connectivity index (χ3n) is 3.30. The molecule has 1 N–H and O–H groups in total. The molecule has 1 heterocycles. The zero-order valence-corrected chi connectivity index (χ0v) is 15.0. The molecular formula is C17H22N4O2S. The van der Waals surface area contributed by atoms with Gasteiger partial charge in [-0.3, -0.25) is 4.79 Å². The molecule has 0 saturated carbocycles. The van der Waals surface area contributed by atoms with E-state index in [1.54, 1.807) is 6.08 Å². The Bertz CT molecular complexity index is 697. The number of anilines is 1. The standard InChI is InChI=1S/C17H22N4O2S/c1-5-11-21-13(4)19-20-17(21)24-12(3)16(22)18-14-7-9-15(10-8-14)23-6-2/h5,7-10,12H,1,6,11H2,2-4H3,(H,18,22)/t12-/m0/s1. The van der Waals surface area contributed by atoms with Gasteiger partial charge in [0, 0.05) is 12.2 Å². The van der Waals surface area contributed by atoms with E-state index in [1.807, 2.05) is 49.6 Å². The Kier molecular flexibility index (Phi) is 6.43. The number of nitrogens with zero attached hydrogens (tertiary/aromatic N) is 3. The van der Waals surface area contributed by atoms with Crippen LogP contribution in [0.25, 0.3) is 0 Å². The van der Waals surface area contributed by atoms with Crippen molar-refractivity contribution in [2.75, 3.05) is 11.9 Å². The van der Waals surface area contributed by atoms with Gasteiger partial charge < -0.3 is 14.6 Å². The second-order valence-electron chi connectivity index (χ2n) is 5.14. The molecule has 0 aliphatic rings. The van der Waals surface area contributed by atoms with E-state index in [2.05, 4.69) is 22.1 Å². The van der Waals surface area contributed by atoms with Crippen LogP contribution in [0.2, 0.25) is 0 Å².